The molecule has 1 fully saturated rings. The minimum Gasteiger partial charge on any atom is -0.484 e. The maximum absolute atomic E-state index is 13.5. The Hall–Kier alpha value is -2.22. The van der Waals surface area contributed by atoms with Gasteiger partial charge in [-0.3, -0.25) is 4.90 Å². The van der Waals surface area contributed by atoms with Crippen molar-refractivity contribution in [1.29, 1.82) is 0 Å². The van der Waals surface area contributed by atoms with Crippen LogP contribution >= 0.6 is 0 Å². The number of carbonyl (C=O) groups excluding carboxylic acids is 1. The second-order valence-corrected chi connectivity index (χ2v) is 7.98. The van der Waals surface area contributed by atoms with Crippen LogP contribution in [0.15, 0.2) is 42.2 Å². The van der Waals surface area contributed by atoms with Crippen LogP contribution in [0.25, 0.3) is 0 Å². The van der Waals surface area contributed by atoms with E-state index in [2.05, 4.69) is 0 Å². The molecule has 28 heavy (non-hydrogen) atoms. The summed E-state index contributed by atoms with van der Waals surface area (Å²) in [5, 5.41) is 0. The molecule has 0 bridgehead atoms. The summed E-state index contributed by atoms with van der Waals surface area (Å²) < 4.78 is 56.4. The number of benzene rings is 1. The van der Waals surface area contributed by atoms with Crippen LogP contribution in [0.5, 0.6) is 0 Å². The Morgan fingerprint density at radius 2 is 1.86 bits per heavy atom. The molecule has 0 aliphatic carbocycles. The quantitative estimate of drug-likeness (QED) is 0.665. The average Bonchev–Trinajstić information content (AvgIpc) is 2.84. The first-order chi connectivity index (χ1) is 12.8. The van der Waals surface area contributed by atoms with Gasteiger partial charge in [0.15, 0.2) is 5.76 Å². The van der Waals surface area contributed by atoms with Crippen molar-refractivity contribution >= 4 is 6.09 Å². The first-order valence-electron chi connectivity index (χ1n) is 8.91. The second kappa shape index (κ2) is 8.03. The fraction of sp³-hybridized carbons (Fsp3) is 0.550. The Morgan fingerprint density at radius 1 is 1.25 bits per heavy atom. The summed E-state index contributed by atoms with van der Waals surface area (Å²) in [6.07, 6.45) is -4.58. The van der Waals surface area contributed by atoms with Crippen LogP contribution in [0, 0.1) is 0 Å². The Kier molecular flexibility index (Phi) is 6.33. The van der Waals surface area contributed by atoms with Crippen LogP contribution in [0.4, 0.5) is 18.0 Å². The molecule has 0 N–H and O–H groups in total. The van der Waals surface area contributed by atoms with E-state index < -0.39 is 35.4 Å². The Morgan fingerprint density at radius 3 is 2.39 bits per heavy atom. The van der Waals surface area contributed by atoms with Gasteiger partial charge in [0.1, 0.15) is 17.9 Å². The van der Waals surface area contributed by atoms with E-state index in [9.17, 15) is 18.0 Å². The molecular formula is C20H26F3NO4. The molecule has 1 aliphatic rings. The van der Waals surface area contributed by atoms with Crippen molar-refractivity contribution in [1.82, 2.24) is 4.90 Å². The van der Waals surface area contributed by atoms with Crippen LogP contribution in [0.2, 0.25) is 0 Å². The molecule has 1 aromatic rings. The van der Waals surface area contributed by atoms with Crippen molar-refractivity contribution in [2.75, 3.05) is 6.61 Å². The highest BCUT2D eigenvalue weighted by molar-refractivity contribution is 5.70. The van der Waals surface area contributed by atoms with Gasteiger partial charge in [0.05, 0.1) is 12.6 Å². The standard InChI is InChI=1S/C20H26F3NO4/c1-18(2,3)28-17(25)24-15(13-27-19(24,4)5)11-16(20(21,22)23)26-12-14-9-7-6-8-10-14/h6-11,15H,12-13H2,1-5H3/b16-11+/t15-/m1/s1. The van der Waals surface area contributed by atoms with Crippen molar-refractivity contribution in [3.63, 3.8) is 0 Å². The number of alkyl halides is 3. The van der Waals surface area contributed by atoms with E-state index in [0.29, 0.717) is 5.56 Å². The summed E-state index contributed by atoms with van der Waals surface area (Å²) in [6.45, 7) is 7.92. The lowest BCUT2D eigenvalue weighted by atomic mass is 10.2. The van der Waals surface area contributed by atoms with Gasteiger partial charge in [0.25, 0.3) is 0 Å². The molecule has 2 rings (SSSR count). The molecule has 0 aromatic heterocycles. The minimum atomic E-state index is -4.71. The predicted molar refractivity (Wildman–Crippen MR) is 97.3 cm³/mol. The van der Waals surface area contributed by atoms with Gasteiger partial charge in [-0.1, -0.05) is 30.3 Å². The molecule has 8 heteroatoms. The number of hydrogen-bond acceptors (Lipinski definition) is 4. The molecular weight excluding hydrogens is 375 g/mol. The predicted octanol–water partition coefficient (Wildman–Crippen LogP) is 5.02. The summed E-state index contributed by atoms with van der Waals surface area (Å²) in [5.74, 6) is -1.17. The van der Waals surface area contributed by atoms with Gasteiger partial charge in [0, 0.05) is 0 Å². The van der Waals surface area contributed by atoms with E-state index >= 15 is 0 Å². The molecule has 1 amide bonds. The number of ether oxygens (including phenoxy) is 3. The number of rotatable bonds is 4. The largest absolute Gasteiger partial charge is 0.484 e. The molecule has 0 unspecified atom stereocenters. The zero-order chi connectivity index (χ0) is 21.2. The van der Waals surface area contributed by atoms with E-state index in [-0.39, 0.29) is 13.2 Å². The first-order valence-corrected chi connectivity index (χ1v) is 8.91. The molecule has 1 aliphatic heterocycles. The van der Waals surface area contributed by atoms with Crippen LogP contribution in [0.1, 0.15) is 40.2 Å². The highest BCUT2D eigenvalue weighted by Crippen LogP contribution is 2.34. The van der Waals surface area contributed by atoms with Crippen molar-refractivity contribution < 1.29 is 32.2 Å². The van der Waals surface area contributed by atoms with Crippen molar-refractivity contribution in [2.45, 2.75) is 64.8 Å². The van der Waals surface area contributed by atoms with E-state index in [1.165, 1.54) is 0 Å². The molecule has 0 spiro atoms. The summed E-state index contributed by atoms with van der Waals surface area (Å²) >= 11 is 0. The fourth-order valence-electron chi connectivity index (χ4n) is 2.76. The summed E-state index contributed by atoms with van der Waals surface area (Å²) in [6, 6.07) is 7.56. The summed E-state index contributed by atoms with van der Waals surface area (Å²) in [5.41, 5.74) is -1.30. The number of amides is 1. The third-order valence-electron chi connectivity index (χ3n) is 3.97. The van der Waals surface area contributed by atoms with Crippen molar-refractivity contribution in [2.24, 2.45) is 0 Å². The maximum Gasteiger partial charge on any atom is 0.448 e. The second-order valence-electron chi connectivity index (χ2n) is 7.98. The highest BCUT2D eigenvalue weighted by Gasteiger charge is 2.47. The van der Waals surface area contributed by atoms with Crippen LogP contribution in [0.3, 0.4) is 0 Å². The molecule has 1 heterocycles. The van der Waals surface area contributed by atoms with Gasteiger partial charge in [0.2, 0.25) is 0 Å². The maximum atomic E-state index is 13.5. The van der Waals surface area contributed by atoms with E-state index in [1.54, 1.807) is 65.0 Å². The lowest BCUT2D eigenvalue weighted by molar-refractivity contribution is -0.133. The Labute approximate surface area is 163 Å². The summed E-state index contributed by atoms with van der Waals surface area (Å²) in [4.78, 5) is 13.7. The SMILES string of the molecule is CC(C)(C)OC(=O)N1[C@H](/C=C(/OCc2ccccc2)C(F)(F)F)COC1(C)C. The zero-order valence-electron chi connectivity index (χ0n) is 16.7. The van der Waals surface area contributed by atoms with Gasteiger partial charge in [-0.15, -0.1) is 0 Å². The van der Waals surface area contributed by atoms with Crippen molar-refractivity contribution in [3.8, 4) is 0 Å². The van der Waals surface area contributed by atoms with E-state index in [1.807, 2.05) is 0 Å². The first kappa shape index (κ1) is 22.1. The average molecular weight is 401 g/mol. The number of nitrogens with zero attached hydrogens (tertiary/aromatic N) is 1. The van der Waals surface area contributed by atoms with Gasteiger partial charge in [-0.2, -0.15) is 13.2 Å². The number of allylic oxidation sites excluding steroid dienone is 1. The normalized spacial score (nSPS) is 20.2. The topological polar surface area (TPSA) is 48.0 Å². The van der Waals surface area contributed by atoms with Crippen LogP contribution < -0.4 is 0 Å². The third kappa shape index (κ3) is 5.89. The zero-order valence-corrected chi connectivity index (χ0v) is 16.7. The molecule has 1 aromatic carbocycles. The minimum absolute atomic E-state index is 0.0967. The molecule has 5 nitrogen and oxygen atoms in total. The number of hydrogen-bond donors (Lipinski definition) is 0. The number of halogens is 3. The highest BCUT2D eigenvalue weighted by atomic mass is 19.4. The van der Waals surface area contributed by atoms with Gasteiger partial charge in [-0.25, -0.2) is 4.79 Å². The monoisotopic (exact) mass is 401 g/mol. The number of carbonyl (C=O) groups is 1. The molecule has 0 saturated carbocycles. The third-order valence-corrected chi connectivity index (χ3v) is 3.97. The smallest absolute Gasteiger partial charge is 0.448 e. The van der Waals surface area contributed by atoms with E-state index in [0.717, 1.165) is 11.0 Å². The van der Waals surface area contributed by atoms with Gasteiger partial charge < -0.3 is 14.2 Å². The van der Waals surface area contributed by atoms with E-state index in [4.69, 9.17) is 14.2 Å². The van der Waals surface area contributed by atoms with Gasteiger partial charge >= 0.3 is 12.3 Å². The Bertz CT molecular complexity index is 708. The summed E-state index contributed by atoms with van der Waals surface area (Å²) in [7, 11) is 0. The fourth-order valence-corrected chi connectivity index (χ4v) is 2.76. The van der Waals surface area contributed by atoms with Crippen LogP contribution in [-0.4, -0.2) is 41.1 Å². The molecule has 1 saturated heterocycles. The molecule has 0 radical (unpaired) electrons. The molecule has 1 atom stereocenters. The lowest BCUT2D eigenvalue weighted by Gasteiger charge is -2.34. The van der Waals surface area contributed by atoms with Gasteiger partial charge in [-0.05, 0) is 46.3 Å². The van der Waals surface area contributed by atoms with Crippen molar-refractivity contribution in [3.05, 3.63) is 47.7 Å². The lowest BCUT2D eigenvalue weighted by Crippen LogP contribution is -2.49. The Balaban J connectivity index is 2.26. The molecule has 156 valence electrons. The van der Waals surface area contributed by atoms with Crippen LogP contribution in [-0.2, 0) is 20.8 Å².